The topological polar surface area (TPSA) is 38.0 Å². The first-order valence-corrected chi connectivity index (χ1v) is 6.12. The molecule has 0 bridgehead atoms. The molecule has 0 spiro atoms. The van der Waals surface area contributed by atoms with Crippen LogP contribution in [0.2, 0.25) is 5.02 Å². The minimum atomic E-state index is -0.687. The molecule has 1 aromatic carbocycles. The molecule has 1 aromatic heterocycles. The molecule has 0 aliphatic carbocycles. The third kappa shape index (κ3) is 2.89. The zero-order valence-corrected chi connectivity index (χ0v) is 10.7. The van der Waals surface area contributed by atoms with Crippen LogP contribution >= 0.6 is 11.6 Å². The lowest BCUT2D eigenvalue weighted by molar-refractivity contribution is 0.178. The quantitative estimate of drug-likeness (QED) is 0.926. The minimum Gasteiger partial charge on any atom is -0.388 e. The molecule has 3 nitrogen and oxygen atoms in total. The van der Waals surface area contributed by atoms with Gasteiger partial charge in [0, 0.05) is 29.7 Å². The summed E-state index contributed by atoms with van der Waals surface area (Å²) in [7, 11) is 0. The van der Waals surface area contributed by atoms with Crippen molar-refractivity contribution in [3.63, 3.8) is 0 Å². The third-order valence-corrected chi connectivity index (χ3v) is 3.14. The van der Waals surface area contributed by atoms with Crippen LogP contribution in [0, 0.1) is 5.82 Å². The summed E-state index contributed by atoms with van der Waals surface area (Å²) in [5.74, 6) is -0.378. The van der Waals surface area contributed by atoms with E-state index in [1.165, 1.54) is 12.1 Å². The van der Waals surface area contributed by atoms with E-state index in [9.17, 15) is 9.50 Å². The molecule has 0 fully saturated rings. The Morgan fingerprint density at radius 3 is 2.89 bits per heavy atom. The normalized spacial score (nSPS) is 12.7. The zero-order valence-electron chi connectivity index (χ0n) is 9.98. The summed E-state index contributed by atoms with van der Waals surface area (Å²) in [6, 6.07) is 4.17. The number of halogens is 2. The summed E-state index contributed by atoms with van der Waals surface area (Å²) in [5, 5.41) is 14.5. The number of benzene rings is 1. The molecule has 1 unspecified atom stereocenters. The predicted molar refractivity (Wildman–Crippen MR) is 68.0 cm³/mol. The standard InChI is InChI=1S/C13H14ClFN2O/c1-2-17-8-10(7-16-17)13(18)5-9-3-4-11(15)6-12(9)14/h3-4,6-8,13,18H,2,5H2,1H3. The van der Waals surface area contributed by atoms with E-state index < -0.39 is 6.10 Å². The fourth-order valence-electron chi connectivity index (χ4n) is 1.74. The van der Waals surface area contributed by atoms with Crippen molar-refractivity contribution in [3.05, 3.63) is 52.6 Å². The van der Waals surface area contributed by atoms with Crippen molar-refractivity contribution in [2.24, 2.45) is 0 Å². The molecule has 0 saturated heterocycles. The van der Waals surface area contributed by atoms with Gasteiger partial charge in [-0.2, -0.15) is 5.10 Å². The number of aromatic nitrogens is 2. The second kappa shape index (κ2) is 5.50. The van der Waals surface area contributed by atoms with E-state index in [0.29, 0.717) is 11.4 Å². The molecule has 0 aliphatic rings. The SMILES string of the molecule is CCn1cc(C(O)Cc2ccc(F)cc2Cl)cn1. The van der Waals surface area contributed by atoms with Crippen LogP contribution in [0.3, 0.4) is 0 Å². The van der Waals surface area contributed by atoms with Crippen LogP contribution < -0.4 is 0 Å². The van der Waals surface area contributed by atoms with Crippen molar-refractivity contribution in [3.8, 4) is 0 Å². The molecule has 5 heteroatoms. The van der Waals surface area contributed by atoms with E-state index in [0.717, 1.165) is 17.7 Å². The van der Waals surface area contributed by atoms with Crippen LogP contribution in [0.5, 0.6) is 0 Å². The highest BCUT2D eigenvalue weighted by Gasteiger charge is 2.13. The molecular formula is C13H14ClFN2O. The van der Waals surface area contributed by atoms with Gasteiger partial charge in [0.25, 0.3) is 0 Å². The average Bonchev–Trinajstić information content (AvgIpc) is 2.81. The maximum absolute atomic E-state index is 12.9. The molecule has 0 aliphatic heterocycles. The fraction of sp³-hybridized carbons (Fsp3) is 0.308. The van der Waals surface area contributed by atoms with E-state index in [2.05, 4.69) is 5.10 Å². The number of aliphatic hydroxyl groups excluding tert-OH is 1. The molecule has 1 heterocycles. The lowest BCUT2D eigenvalue weighted by atomic mass is 10.0. The Morgan fingerprint density at radius 2 is 2.28 bits per heavy atom. The van der Waals surface area contributed by atoms with Gasteiger partial charge in [-0.25, -0.2) is 4.39 Å². The molecule has 1 atom stereocenters. The molecule has 2 rings (SSSR count). The number of aliphatic hydroxyl groups is 1. The number of aryl methyl sites for hydroxylation is 1. The van der Waals surface area contributed by atoms with E-state index in [4.69, 9.17) is 11.6 Å². The van der Waals surface area contributed by atoms with Crippen molar-refractivity contribution < 1.29 is 9.50 Å². The monoisotopic (exact) mass is 268 g/mol. The van der Waals surface area contributed by atoms with E-state index in [1.807, 2.05) is 6.92 Å². The smallest absolute Gasteiger partial charge is 0.124 e. The summed E-state index contributed by atoms with van der Waals surface area (Å²) in [6.07, 6.45) is 3.08. The second-order valence-corrected chi connectivity index (χ2v) is 4.49. The predicted octanol–water partition coefficient (Wildman–Crippen LogP) is 2.97. The van der Waals surface area contributed by atoms with Crippen molar-refractivity contribution >= 4 is 11.6 Å². The van der Waals surface area contributed by atoms with Crippen molar-refractivity contribution in [2.75, 3.05) is 0 Å². The van der Waals surface area contributed by atoms with Crippen LogP contribution in [-0.4, -0.2) is 14.9 Å². The number of hydrogen-bond acceptors (Lipinski definition) is 2. The lowest BCUT2D eigenvalue weighted by Crippen LogP contribution is -2.02. The van der Waals surface area contributed by atoms with E-state index >= 15 is 0 Å². The maximum Gasteiger partial charge on any atom is 0.124 e. The van der Waals surface area contributed by atoms with Gasteiger partial charge in [-0.1, -0.05) is 17.7 Å². The van der Waals surface area contributed by atoms with Crippen LogP contribution in [0.4, 0.5) is 4.39 Å². The van der Waals surface area contributed by atoms with Gasteiger partial charge in [0.05, 0.1) is 12.3 Å². The molecule has 2 aromatic rings. The average molecular weight is 269 g/mol. The van der Waals surface area contributed by atoms with Crippen LogP contribution in [0.15, 0.2) is 30.6 Å². The zero-order chi connectivity index (χ0) is 13.1. The first-order valence-electron chi connectivity index (χ1n) is 5.74. The van der Waals surface area contributed by atoms with Crippen LogP contribution in [0.25, 0.3) is 0 Å². The minimum absolute atomic E-state index is 0.330. The molecule has 1 N–H and O–H groups in total. The highest BCUT2D eigenvalue weighted by atomic mass is 35.5. The summed E-state index contributed by atoms with van der Waals surface area (Å²) in [6.45, 7) is 2.73. The summed E-state index contributed by atoms with van der Waals surface area (Å²) in [4.78, 5) is 0. The van der Waals surface area contributed by atoms with Crippen LogP contribution in [0.1, 0.15) is 24.2 Å². The van der Waals surface area contributed by atoms with Gasteiger partial charge in [0.15, 0.2) is 0 Å². The van der Waals surface area contributed by atoms with Gasteiger partial charge in [0.1, 0.15) is 5.82 Å². The number of nitrogens with zero attached hydrogens (tertiary/aromatic N) is 2. The third-order valence-electron chi connectivity index (χ3n) is 2.79. The Bertz CT molecular complexity index is 542. The van der Waals surface area contributed by atoms with Gasteiger partial charge in [0.2, 0.25) is 0 Å². The molecule has 18 heavy (non-hydrogen) atoms. The molecule has 0 radical (unpaired) electrons. The van der Waals surface area contributed by atoms with Crippen molar-refractivity contribution in [2.45, 2.75) is 26.0 Å². The van der Waals surface area contributed by atoms with Crippen LogP contribution in [-0.2, 0) is 13.0 Å². The van der Waals surface area contributed by atoms with E-state index in [-0.39, 0.29) is 5.82 Å². The number of hydrogen-bond donors (Lipinski definition) is 1. The Hall–Kier alpha value is -1.39. The first kappa shape index (κ1) is 13.1. The molecule has 0 amide bonds. The summed E-state index contributed by atoms with van der Waals surface area (Å²) >= 11 is 5.92. The fourth-order valence-corrected chi connectivity index (χ4v) is 1.98. The van der Waals surface area contributed by atoms with E-state index in [1.54, 1.807) is 23.1 Å². The van der Waals surface area contributed by atoms with Gasteiger partial charge in [-0.05, 0) is 24.6 Å². The second-order valence-electron chi connectivity index (χ2n) is 4.09. The van der Waals surface area contributed by atoms with Gasteiger partial charge >= 0.3 is 0 Å². The van der Waals surface area contributed by atoms with Gasteiger partial charge < -0.3 is 5.11 Å². The largest absolute Gasteiger partial charge is 0.388 e. The van der Waals surface area contributed by atoms with Crippen molar-refractivity contribution in [1.29, 1.82) is 0 Å². The molecule has 96 valence electrons. The number of rotatable bonds is 4. The Kier molecular flexibility index (Phi) is 3.99. The summed E-state index contributed by atoms with van der Waals surface area (Å²) in [5.41, 5.74) is 1.45. The Morgan fingerprint density at radius 1 is 1.50 bits per heavy atom. The Labute approximate surface area is 110 Å². The summed E-state index contributed by atoms with van der Waals surface area (Å²) < 4.78 is 14.6. The van der Waals surface area contributed by atoms with Gasteiger partial charge in [-0.15, -0.1) is 0 Å². The first-order chi connectivity index (χ1) is 8.60. The Balaban J connectivity index is 2.13. The maximum atomic E-state index is 12.9. The van der Waals surface area contributed by atoms with Gasteiger partial charge in [-0.3, -0.25) is 4.68 Å². The van der Waals surface area contributed by atoms with Crippen molar-refractivity contribution in [1.82, 2.24) is 9.78 Å². The highest BCUT2D eigenvalue weighted by Crippen LogP contribution is 2.24. The molecular weight excluding hydrogens is 255 g/mol. The molecule has 0 saturated carbocycles. The highest BCUT2D eigenvalue weighted by molar-refractivity contribution is 6.31. The lowest BCUT2D eigenvalue weighted by Gasteiger charge is -2.10.